The third kappa shape index (κ3) is 4.44. The number of amides is 1. The molecule has 13 heteroatoms. The Labute approximate surface area is 208 Å². The van der Waals surface area contributed by atoms with Crippen molar-refractivity contribution in [1.82, 2.24) is 14.9 Å². The number of nitrogens with one attached hydrogen (secondary N) is 2. The average molecular weight is 522 g/mol. The number of hydrogen-bond acceptors (Lipinski definition) is 10. The molecule has 0 aliphatic carbocycles. The molecule has 4 rings (SSSR count). The molecule has 0 bridgehead atoms. The first-order valence-corrected chi connectivity index (χ1v) is 11.8. The SMILES string of the molecule is Cc1nc([C@H](Nc2c(Nc3ccnc(C(=O)N(C)C)c3O)c(=O)c2=O)[C@]2(C)CC(F)(F)CO2)c(C)s1. The van der Waals surface area contributed by atoms with Crippen molar-refractivity contribution >= 4 is 34.3 Å². The molecule has 1 amide bonds. The second-order valence-corrected chi connectivity index (χ2v) is 10.6. The maximum atomic E-state index is 14.2. The van der Waals surface area contributed by atoms with Gasteiger partial charge in [0.2, 0.25) is 0 Å². The zero-order chi connectivity index (χ0) is 26.6. The molecule has 1 fully saturated rings. The van der Waals surface area contributed by atoms with Gasteiger partial charge in [0.25, 0.3) is 22.7 Å². The minimum atomic E-state index is -3.07. The van der Waals surface area contributed by atoms with Gasteiger partial charge >= 0.3 is 0 Å². The number of carbonyl (C=O) groups excluding carboxylic acids is 1. The number of thiazole rings is 1. The molecule has 0 spiro atoms. The maximum absolute atomic E-state index is 14.2. The topological polar surface area (TPSA) is 134 Å². The van der Waals surface area contributed by atoms with Crippen LogP contribution in [-0.4, -0.2) is 58.1 Å². The van der Waals surface area contributed by atoms with E-state index < -0.39 is 53.1 Å². The lowest BCUT2D eigenvalue weighted by atomic mass is 9.88. The summed E-state index contributed by atoms with van der Waals surface area (Å²) in [6.07, 6.45) is 0.643. The van der Waals surface area contributed by atoms with Gasteiger partial charge in [-0.15, -0.1) is 11.3 Å². The van der Waals surface area contributed by atoms with Gasteiger partial charge < -0.3 is 25.4 Å². The van der Waals surface area contributed by atoms with Crippen LogP contribution in [0.2, 0.25) is 0 Å². The van der Waals surface area contributed by atoms with E-state index in [2.05, 4.69) is 20.6 Å². The van der Waals surface area contributed by atoms with Crippen LogP contribution in [0, 0.1) is 13.8 Å². The first-order valence-electron chi connectivity index (χ1n) is 11.0. The Hall–Kier alpha value is -3.45. The Balaban J connectivity index is 1.72. The summed E-state index contributed by atoms with van der Waals surface area (Å²) >= 11 is 1.37. The fraction of sp³-hybridized carbons (Fsp3) is 0.435. The zero-order valence-electron chi connectivity index (χ0n) is 20.2. The highest BCUT2D eigenvalue weighted by Crippen LogP contribution is 2.46. The lowest BCUT2D eigenvalue weighted by molar-refractivity contribution is -0.0247. The van der Waals surface area contributed by atoms with Crippen LogP contribution in [0.3, 0.4) is 0 Å². The minimum absolute atomic E-state index is 0.0301. The maximum Gasteiger partial charge on any atom is 0.275 e. The van der Waals surface area contributed by atoms with Crippen molar-refractivity contribution in [2.75, 3.05) is 31.3 Å². The van der Waals surface area contributed by atoms with E-state index in [1.807, 2.05) is 0 Å². The van der Waals surface area contributed by atoms with Gasteiger partial charge in [0, 0.05) is 31.6 Å². The van der Waals surface area contributed by atoms with Crippen molar-refractivity contribution in [3.05, 3.63) is 54.0 Å². The van der Waals surface area contributed by atoms with Gasteiger partial charge in [0.1, 0.15) is 18.0 Å². The minimum Gasteiger partial charge on any atom is -0.504 e. The number of rotatable bonds is 7. The highest BCUT2D eigenvalue weighted by Gasteiger charge is 2.54. The van der Waals surface area contributed by atoms with Crippen LogP contribution in [0.4, 0.5) is 25.8 Å². The Bertz CT molecular complexity index is 1410. The fourth-order valence-corrected chi connectivity index (χ4v) is 5.10. The Morgan fingerprint density at radius 3 is 2.47 bits per heavy atom. The summed E-state index contributed by atoms with van der Waals surface area (Å²) in [5.74, 6) is -4.15. The number of anilines is 3. The van der Waals surface area contributed by atoms with Gasteiger partial charge in [-0.3, -0.25) is 14.4 Å². The molecule has 10 nitrogen and oxygen atoms in total. The summed E-state index contributed by atoms with van der Waals surface area (Å²) in [6, 6.07) is 0.354. The van der Waals surface area contributed by atoms with Gasteiger partial charge in [-0.25, -0.2) is 18.7 Å². The van der Waals surface area contributed by atoms with E-state index in [1.165, 1.54) is 49.5 Å². The number of aromatic nitrogens is 2. The molecule has 1 aliphatic rings. The Kier molecular flexibility index (Phi) is 6.33. The van der Waals surface area contributed by atoms with Crippen LogP contribution in [0.25, 0.3) is 0 Å². The normalized spacial score (nSPS) is 19.9. The van der Waals surface area contributed by atoms with E-state index in [-0.39, 0.29) is 22.8 Å². The number of ether oxygens (including phenoxy) is 1. The molecule has 3 N–H and O–H groups in total. The van der Waals surface area contributed by atoms with Gasteiger partial charge in [-0.2, -0.15) is 0 Å². The quantitative estimate of drug-likeness (QED) is 0.401. The first-order chi connectivity index (χ1) is 16.7. The van der Waals surface area contributed by atoms with Crippen molar-refractivity contribution in [1.29, 1.82) is 0 Å². The van der Waals surface area contributed by atoms with Crippen LogP contribution >= 0.6 is 11.3 Å². The first kappa shape index (κ1) is 25.6. The number of nitrogens with zero attached hydrogens (tertiary/aromatic N) is 3. The summed E-state index contributed by atoms with van der Waals surface area (Å²) < 4.78 is 33.9. The smallest absolute Gasteiger partial charge is 0.275 e. The van der Waals surface area contributed by atoms with Gasteiger partial charge in [-0.1, -0.05) is 0 Å². The molecule has 1 aliphatic heterocycles. The Morgan fingerprint density at radius 1 is 1.25 bits per heavy atom. The second-order valence-electron chi connectivity index (χ2n) is 9.17. The van der Waals surface area contributed by atoms with Gasteiger partial charge in [0.05, 0.1) is 28.0 Å². The van der Waals surface area contributed by atoms with E-state index in [9.17, 15) is 28.3 Å². The fourth-order valence-electron chi connectivity index (χ4n) is 4.25. The van der Waals surface area contributed by atoms with E-state index in [1.54, 1.807) is 13.8 Å². The molecular formula is C23H25F2N5O5S. The number of pyridine rings is 1. The summed E-state index contributed by atoms with van der Waals surface area (Å²) in [7, 11) is 2.97. The number of aryl methyl sites for hydroxylation is 2. The Morgan fingerprint density at radius 2 is 1.92 bits per heavy atom. The molecule has 1 saturated heterocycles. The molecule has 1 aromatic carbocycles. The lowest BCUT2D eigenvalue weighted by Crippen LogP contribution is -2.43. The van der Waals surface area contributed by atoms with E-state index in [0.29, 0.717) is 10.7 Å². The molecule has 0 saturated carbocycles. The van der Waals surface area contributed by atoms with E-state index in [4.69, 9.17) is 4.74 Å². The second kappa shape index (κ2) is 8.89. The van der Waals surface area contributed by atoms with Crippen molar-refractivity contribution in [3.8, 4) is 5.75 Å². The van der Waals surface area contributed by atoms with E-state index >= 15 is 0 Å². The van der Waals surface area contributed by atoms with Crippen LogP contribution in [0.5, 0.6) is 5.75 Å². The number of alkyl halides is 2. The number of hydrogen-bond donors (Lipinski definition) is 3. The van der Waals surface area contributed by atoms with Crippen LogP contribution in [0.1, 0.15) is 45.5 Å². The van der Waals surface area contributed by atoms with Crippen LogP contribution < -0.4 is 21.5 Å². The molecule has 36 heavy (non-hydrogen) atoms. The summed E-state index contributed by atoms with van der Waals surface area (Å²) in [4.78, 5) is 47.6. The molecule has 192 valence electrons. The highest BCUT2D eigenvalue weighted by atomic mass is 32.1. The van der Waals surface area contributed by atoms with E-state index in [0.717, 1.165) is 4.88 Å². The standard InChI is InChI=1S/C23H25F2N5O5S/c1-10-13(27-11(2)36-10)20(22(3)8-23(24,25)9-35-22)29-15-14(18(32)19(15)33)28-12-6-7-26-16(17(12)31)21(34)30(4)5/h6-7,20,29,31H,8-9H2,1-5H3,(H,26,28)/t20-,22-/m0/s1. The van der Waals surface area contributed by atoms with Crippen molar-refractivity contribution in [2.24, 2.45) is 0 Å². The highest BCUT2D eigenvalue weighted by molar-refractivity contribution is 7.11. The molecule has 2 atom stereocenters. The van der Waals surface area contributed by atoms with Crippen molar-refractivity contribution in [3.63, 3.8) is 0 Å². The summed E-state index contributed by atoms with van der Waals surface area (Å²) in [5, 5.41) is 16.9. The van der Waals surface area contributed by atoms with Crippen LogP contribution in [0.15, 0.2) is 21.9 Å². The third-order valence-corrected chi connectivity index (χ3v) is 6.94. The molecule has 3 heterocycles. The number of aromatic hydroxyl groups is 1. The van der Waals surface area contributed by atoms with Crippen LogP contribution in [-0.2, 0) is 4.74 Å². The predicted octanol–water partition coefficient (Wildman–Crippen LogP) is 2.87. The molecule has 2 aromatic heterocycles. The summed E-state index contributed by atoms with van der Waals surface area (Å²) in [5.41, 5.74) is -3.37. The molecule has 0 radical (unpaired) electrons. The van der Waals surface area contributed by atoms with Crippen molar-refractivity contribution in [2.45, 2.75) is 44.8 Å². The van der Waals surface area contributed by atoms with Gasteiger partial charge in [0.15, 0.2) is 11.4 Å². The molecule has 0 unspecified atom stereocenters. The predicted molar refractivity (Wildman–Crippen MR) is 130 cm³/mol. The number of halogens is 2. The number of carbonyl (C=O) groups is 1. The van der Waals surface area contributed by atoms with Gasteiger partial charge in [-0.05, 0) is 26.8 Å². The largest absolute Gasteiger partial charge is 0.504 e. The molecule has 3 aromatic rings. The summed E-state index contributed by atoms with van der Waals surface area (Å²) in [6.45, 7) is 4.28. The lowest BCUT2D eigenvalue weighted by Gasteiger charge is -2.34. The zero-order valence-corrected chi connectivity index (χ0v) is 21.0. The third-order valence-electron chi connectivity index (χ3n) is 6.04. The van der Waals surface area contributed by atoms with Crippen molar-refractivity contribution < 1.29 is 23.4 Å². The average Bonchev–Trinajstić information content (AvgIpc) is 3.29. The monoisotopic (exact) mass is 521 g/mol. The molecular weight excluding hydrogens is 496 g/mol.